The number of benzene rings is 3. The summed E-state index contributed by atoms with van der Waals surface area (Å²) in [5.41, 5.74) is 3.42. The minimum atomic E-state index is -0.733. The minimum Gasteiger partial charge on any atom is -0.434 e. The molecule has 7 heteroatoms. The fourth-order valence-corrected chi connectivity index (χ4v) is 5.20. The van der Waals surface area contributed by atoms with E-state index in [1.54, 1.807) is 6.92 Å². The maximum Gasteiger partial charge on any atom is 0.513 e. The Labute approximate surface area is 176 Å². The molecule has 2 heterocycles. The first-order chi connectivity index (χ1) is 13.6. The van der Waals surface area contributed by atoms with Crippen LogP contribution in [0.2, 0.25) is 0 Å². The van der Waals surface area contributed by atoms with Crippen LogP contribution in [-0.4, -0.2) is 21.3 Å². The topological polar surface area (TPSA) is 56.2 Å². The van der Waals surface area contributed by atoms with E-state index in [0.29, 0.717) is 5.75 Å². The van der Waals surface area contributed by atoms with Crippen molar-refractivity contribution in [3.05, 3.63) is 53.0 Å². The third-order valence-corrected chi connectivity index (χ3v) is 6.38. The predicted octanol–water partition coefficient (Wildman–Crippen LogP) is 6.88. The largest absolute Gasteiger partial charge is 0.513 e. The Bertz CT molecular complexity index is 1400. The van der Waals surface area contributed by atoms with Gasteiger partial charge in [-0.15, -0.1) is 0 Å². The Morgan fingerprint density at radius 3 is 2.57 bits per heavy atom. The minimum absolute atomic E-state index is 0.242. The number of H-pyrrole nitrogens is 1. The second-order valence-corrected chi connectivity index (χ2v) is 7.87. The fourth-order valence-electron chi connectivity index (χ4n) is 3.74. The summed E-state index contributed by atoms with van der Waals surface area (Å²) in [5, 5.41) is 4.02. The van der Waals surface area contributed by atoms with Crippen LogP contribution in [0.3, 0.4) is 0 Å². The molecule has 0 fully saturated rings. The normalized spacial score (nSPS) is 11.7. The van der Waals surface area contributed by atoms with Gasteiger partial charge >= 0.3 is 6.16 Å². The zero-order valence-corrected chi connectivity index (χ0v) is 17.9. The predicted molar refractivity (Wildman–Crippen MR) is 118 cm³/mol. The maximum atomic E-state index is 12.2. The number of hydrogen-bond donors (Lipinski definition) is 1. The highest BCUT2D eigenvalue weighted by molar-refractivity contribution is 9.11. The van der Waals surface area contributed by atoms with Crippen molar-refractivity contribution in [1.82, 2.24) is 8.58 Å². The Kier molecular flexibility index (Phi) is 4.10. The quantitative estimate of drug-likeness (QED) is 0.212. The first-order valence-corrected chi connectivity index (χ1v) is 10.3. The van der Waals surface area contributed by atoms with Gasteiger partial charge in [-0.3, -0.25) is 3.59 Å². The lowest BCUT2D eigenvalue weighted by molar-refractivity contribution is 0.105. The summed E-state index contributed by atoms with van der Waals surface area (Å²) in [5.74, 6) is 0.427. The van der Waals surface area contributed by atoms with Gasteiger partial charge in [-0.2, -0.15) is 0 Å². The molecule has 0 spiro atoms. The van der Waals surface area contributed by atoms with Crippen LogP contribution >= 0.6 is 32.1 Å². The lowest BCUT2D eigenvalue weighted by Gasteiger charge is -2.10. The SMILES string of the molecule is CCOC(=O)Oc1c2[nH]c3ccccc3c2c(Br)c2c3ccccc3n(Br)c12. The molecule has 28 heavy (non-hydrogen) atoms. The number of rotatable bonds is 2. The molecule has 0 amide bonds. The van der Waals surface area contributed by atoms with Gasteiger partial charge in [0.05, 0.1) is 33.8 Å². The monoisotopic (exact) mass is 500 g/mol. The molecular formula is C21H14Br2N2O3. The average molecular weight is 502 g/mol. The molecule has 0 aliphatic carbocycles. The van der Waals surface area contributed by atoms with Crippen molar-refractivity contribution >= 4 is 81.8 Å². The van der Waals surface area contributed by atoms with Crippen molar-refractivity contribution in [2.75, 3.05) is 6.61 Å². The molecule has 5 aromatic rings. The van der Waals surface area contributed by atoms with Crippen LogP contribution in [0.5, 0.6) is 5.75 Å². The summed E-state index contributed by atoms with van der Waals surface area (Å²) in [7, 11) is 0. The number of hydrogen-bond acceptors (Lipinski definition) is 3. The van der Waals surface area contributed by atoms with Gasteiger partial charge in [-0.25, -0.2) is 4.79 Å². The summed E-state index contributed by atoms with van der Waals surface area (Å²) < 4.78 is 13.6. The van der Waals surface area contributed by atoms with E-state index in [-0.39, 0.29) is 6.61 Å². The summed E-state index contributed by atoms with van der Waals surface area (Å²) in [6.07, 6.45) is -0.733. The van der Waals surface area contributed by atoms with Gasteiger partial charge in [0.25, 0.3) is 0 Å². The van der Waals surface area contributed by atoms with Gasteiger partial charge < -0.3 is 14.5 Å². The molecule has 0 unspecified atom stereocenters. The highest BCUT2D eigenvalue weighted by Gasteiger charge is 2.25. The zero-order chi connectivity index (χ0) is 19.4. The van der Waals surface area contributed by atoms with Crippen LogP contribution < -0.4 is 4.74 Å². The van der Waals surface area contributed by atoms with Crippen molar-refractivity contribution in [2.24, 2.45) is 0 Å². The highest BCUT2D eigenvalue weighted by atomic mass is 79.9. The van der Waals surface area contributed by atoms with Crippen molar-refractivity contribution in [2.45, 2.75) is 6.92 Å². The number of para-hydroxylation sites is 2. The van der Waals surface area contributed by atoms with Gasteiger partial charge in [0, 0.05) is 31.5 Å². The van der Waals surface area contributed by atoms with E-state index in [0.717, 1.165) is 48.1 Å². The Balaban J connectivity index is 2.02. The number of nitrogens with one attached hydrogen (secondary N) is 1. The van der Waals surface area contributed by atoms with Crippen molar-refractivity contribution < 1.29 is 14.3 Å². The van der Waals surface area contributed by atoms with Crippen molar-refractivity contribution in [1.29, 1.82) is 0 Å². The first kappa shape index (κ1) is 17.6. The molecule has 0 aliphatic heterocycles. The second-order valence-electron chi connectivity index (χ2n) is 6.37. The molecule has 1 N–H and O–H groups in total. The number of carbonyl (C=O) groups is 1. The standard InChI is InChI=1S/C21H14Br2N2O3/c1-2-27-21(26)28-20-18-15(11-7-3-5-9-13(11)24-18)17(22)16-12-8-4-6-10-14(12)25(23)19(16)20/h3-10,24H,2H2,1H3. The van der Waals surface area contributed by atoms with Gasteiger partial charge in [-0.05, 0) is 35.0 Å². The molecule has 0 radical (unpaired) electrons. The molecule has 2 aromatic heterocycles. The molecule has 0 saturated heterocycles. The first-order valence-electron chi connectivity index (χ1n) is 8.77. The van der Waals surface area contributed by atoms with Crippen LogP contribution in [0.1, 0.15) is 6.92 Å². The van der Waals surface area contributed by atoms with Crippen LogP contribution in [0.25, 0.3) is 43.6 Å². The molecule has 0 aliphatic rings. The molecular weight excluding hydrogens is 488 g/mol. The third kappa shape index (κ3) is 2.39. The number of nitrogens with zero attached hydrogens (tertiary/aromatic N) is 1. The van der Waals surface area contributed by atoms with Crippen LogP contribution in [-0.2, 0) is 4.74 Å². The number of halogens is 2. The molecule has 0 bridgehead atoms. The maximum absolute atomic E-state index is 12.2. The summed E-state index contributed by atoms with van der Waals surface area (Å²) in [6, 6.07) is 16.0. The average Bonchev–Trinajstić information content (AvgIpc) is 3.22. The van der Waals surface area contributed by atoms with E-state index in [1.165, 1.54) is 0 Å². The van der Waals surface area contributed by atoms with Crippen molar-refractivity contribution in [3.8, 4) is 5.75 Å². The molecule has 0 saturated carbocycles. The number of carbonyl (C=O) groups excluding carboxylic acids is 1. The van der Waals surface area contributed by atoms with Crippen molar-refractivity contribution in [3.63, 3.8) is 0 Å². The van der Waals surface area contributed by atoms with E-state index in [2.05, 4.69) is 43.1 Å². The molecule has 5 rings (SSSR count). The smallest absolute Gasteiger partial charge is 0.434 e. The number of aromatic amines is 1. The molecule has 3 aromatic carbocycles. The van der Waals surface area contributed by atoms with Gasteiger partial charge in [0.1, 0.15) is 5.52 Å². The van der Waals surface area contributed by atoms with E-state index in [1.807, 2.05) is 46.1 Å². The zero-order valence-electron chi connectivity index (χ0n) is 14.8. The number of fused-ring (bicyclic) bond motifs is 6. The van der Waals surface area contributed by atoms with E-state index in [4.69, 9.17) is 9.47 Å². The second kappa shape index (κ2) is 6.53. The van der Waals surface area contributed by atoms with Gasteiger partial charge in [0.15, 0.2) is 5.75 Å². The molecule has 5 nitrogen and oxygen atoms in total. The lowest BCUT2D eigenvalue weighted by Crippen LogP contribution is -2.11. The van der Waals surface area contributed by atoms with Gasteiger partial charge in [-0.1, -0.05) is 36.4 Å². The molecule has 140 valence electrons. The lowest BCUT2D eigenvalue weighted by atomic mass is 10.1. The van der Waals surface area contributed by atoms with E-state index in [9.17, 15) is 4.79 Å². The summed E-state index contributed by atoms with van der Waals surface area (Å²) in [6.45, 7) is 1.99. The third-order valence-electron chi connectivity index (χ3n) is 4.85. The summed E-state index contributed by atoms with van der Waals surface area (Å²) in [4.78, 5) is 15.6. The number of aromatic nitrogens is 2. The van der Waals surface area contributed by atoms with Crippen LogP contribution in [0, 0.1) is 0 Å². The Morgan fingerprint density at radius 2 is 1.79 bits per heavy atom. The van der Waals surface area contributed by atoms with Crippen LogP contribution in [0.4, 0.5) is 4.79 Å². The molecule has 0 atom stereocenters. The van der Waals surface area contributed by atoms with Crippen LogP contribution in [0.15, 0.2) is 53.0 Å². The Morgan fingerprint density at radius 1 is 1.07 bits per heavy atom. The Hall–Kier alpha value is -2.51. The van der Waals surface area contributed by atoms with E-state index >= 15 is 0 Å². The van der Waals surface area contributed by atoms with Gasteiger partial charge in [0.2, 0.25) is 0 Å². The fraction of sp³-hybridized carbons (Fsp3) is 0.0952. The highest BCUT2D eigenvalue weighted by Crippen LogP contribution is 2.48. The van der Waals surface area contributed by atoms with E-state index < -0.39 is 6.16 Å². The summed E-state index contributed by atoms with van der Waals surface area (Å²) >= 11 is 7.47. The number of ether oxygens (including phenoxy) is 2.